The maximum Gasteiger partial charge on any atom is 0.330 e. The van der Waals surface area contributed by atoms with Crippen molar-refractivity contribution in [3.63, 3.8) is 0 Å². The fraction of sp³-hybridized carbons (Fsp3) is 0.333. The van der Waals surface area contributed by atoms with Crippen LogP contribution in [0.15, 0.2) is 24.3 Å². The molecule has 1 amide bonds. The van der Waals surface area contributed by atoms with Crippen molar-refractivity contribution in [2.24, 2.45) is 0 Å². The van der Waals surface area contributed by atoms with Gasteiger partial charge in [0.2, 0.25) is 0 Å². The second-order valence-electron chi connectivity index (χ2n) is 3.98. The lowest BCUT2D eigenvalue weighted by Gasteiger charge is -2.43. The molecule has 0 aromatic heterocycles. The van der Waals surface area contributed by atoms with Gasteiger partial charge in [-0.25, -0.2) is 4.79 Å². The van der Waals surface area contributed by atoms with Crippen LogP contribution in [0.5, 0.6) is 0 Å². The van der Waals surface area contributed by atoms with E-state index in [-0.39, 0.29) is 5.91 Å². The Labute approximate surface area is 98.6 Å². The highest BCUT2D eigenvalue weighted by molar-refractivity contribution is 6.12. The molecule has 0 unspecified atom stereocenters. The van der Waals surface area contributed by atoms with E-state index in [1.165, 1.54) is 12.0 Å². The van der Waals surface area contributed by atoms with E-state index in [0.29, 0.717) is 5.69 Å². The summed E-state index contributed by atoms with van der Waals surface area (Å²) in [5, 5.41) is 9.06. The third kappa shape index (κ3) is 1.78. The number of hydrogen-bond acceptors (Lipinski definition) is 3. The van der Waals surface area contributed by atoms with Gasteiger partial charge in [-0.2, -0.15) is 0 Å². The average Bonchev–Trinajstić information content (AvgIpc) is 2.28. The van der Waals surface area contributed by atoms with E-state index in [1.807, 2.05) is 19.1 Å². The van der Waals surface area contributed by atoms with Gasteiger partial charge in [0, 0.05) is 12.8 Å². The van der Waals surface area contributed by atoms with Crippen LogP contribution in [0, 0.1) is 6.92 Å². The predicted octanol–water partition coefficient (Wildman–Crippen LogP) is 0.810. The summed E-state index contributed by atoms with van der Waals surface area (Å²) in [6.07, 6.45) is -0.881. The van der Waals surface area contributed by atoms with E-state index in [4.69, 9.17) is 9.84 Å². The fourth-order valence-corrected chi connectivity index (χ4v) is 1.93. The first-order valence-corrected chi connectivity index (χ1v) is 5.21. The molecule has 0 spiro atoms. The smallest absolute Gasteiger partial charge is 0.330 e. The minimum atomic E-state index is -1.06. The number of carbonyl (C=O) groups excluding carboxylic acids is 1. The van der Waals surface area contributed by atoms with Crippen molar-refractivity contribution in [2.45, 2.75) is 19.1 Å². The van der Waals surface area contributed by atoms with E-state index >= 15 is 0 Å². The van der Waals surface area contributed by atoms with E-state index in [2.05, 4.69) is 0 Å². The van der Waals surface area contributed by atoms with Crippen molar-refractivity contribution >= 4 is 17.6 Å². The zero-order chi connectivity index (χ0) is 12.6. The lowest BCUT2D eigenvalue weighted by atomic mass is 9.96. The number of carboxylic acid groups (broad SMARTS) is 1. The van der Waals surface area contributed by atoms with Crippen LogP contribution < -0.4 is 4.90 Å². The molecule has 1 aromatic rings. The Morgan fingerprint density at radius 3 is 2.41 bits per heavy atom. The molecule has 1 aliphatic heterocycles. The van der Waals surface area contributed by atoms with Gasteiger partial charge in [0.05, 0.1) is 0 Å². The van der Waals surface area contributed by atoms with Crippen LogP contribution in [0.4, 0.5) is 5.69 Å². The highest BCUT2D eigenvalue weighted by atomic mass is 16.5. The van der Waals surface area contributed by atoms with Gasteiger partial charge in [-0.3, -0.25) is 9.69 Å². The molecule has 0 aliphatic carbocycles. The molecule has 17 heavy (non-hydrogen) atoms. The number of aliphatic carboxylic acids is 1. The third-order valence-electron chi connectivity index (χ3n) is 2.86. The van der Waals surface area contributed by atoms with Crippen LogP contribution in [0.2, 0.25) is 0 Å². The van der Waals surface area contributed by atoms with Crippen molar-refractivity contribution in [3.05, 3.63) is 29.8 Å². The Kier molecular flexibility index (Phi) is 2.85. The van der Waals surface area contributed by atoms with Crippen LogP contribution in [0.1, 0.15) is 5.56 Å². The molecule has 1 aliphatic rings. The molecular weight excluding hydrogens is 222 g/mol. The molecular formula is C12H13NO4. The Bertz CT molecular complexity index is 454. The molecule has 0 radical (unpaired) electrons. The monoisotopic (exact) mass is 235 g/mol. The number of methoxy groups -OCH3 is 1. The second-order valence-corrected chi connectivity index (χ2v) is 3.98. The summed E-state index contributed by atoms with van der Waals surface area (Å²) in [5.74, 6) is -1.37. The Hall–Kier alpha value is -1.88. The molecule has 1 saturated heterocycles. The number of ether oxygens (including phenoxy) is 1. The summed E-state index contributed by atoms with van der Waals surface area (Å²) in [6.45, 7) is 1.92. The zero-order valence-electron chi connectivity index (χ0n) is 9.58. The number of nitrogens with zero attached hydrogens (tertiary/aromatic N) is 1. The zero-order valence-corrected chi connectivity index (χ0v) is 9.58. The van der Waals surface area contributed by atoms with Crippen LogP contribution in [0.25, 0.3) is 0 Å². The topological polar surface area (TPSA) is 66.8 Å². The summed E-state index contributed by atoms with van der Waals surface area (Å²) in [6, 6.07) is 6.20. The molecule has 5 heteroatoms. The standard InChI is InChI=1S/C12H13NO4/c1-7-3-5-8(6-4-7)13-9(12(15)16)10(17-2)11(13)14/h3-6,9-10H,1-2H3,(H,15,16)/t9-,10+/m0/s1. The van der Waals surface area contributed by atoms with Crippen LogP contribution in [-0.2, 0) is 14.3 Å². The van der Waals surface area contributed by atoms with Gasteiger partial charge >= 0.3 is 5.97 Å². The average molecular weight is 235 g/mol. The van der Waals surface area contributed by atoms with Crippen molar-refractivity contribution < 1.29 is 19.4 Å². The summed E-state index contributed by atoms with van der Waals surface area (Å²) in [7, 11) is 1.34. The minimum Gasteiger partial charge on any atom is -0.480 e. The number of hydrogen-bond donors (Lipinski definition) is 1. The van der Waals surface area contributed by atoms with Gasteiger partial charge < -0.3 is 9.84 Å². The summed E-state index contributed by atoms with van der Waals surface area (Å²) < 4.78 is 4.88. The first kappa shape index (κ1) is 11.6. The van der Waals surface area contributed by atoms with E-state index in [9.17, 15) is 9.59 Å². The number of aryl methyl sites for hydroxylation is 1. The van der Waals surface area contributed by atoms with Gasteiger partial charge in [0.15, 0.2) is 12.1 Å². The lowest BCUT2D eigenvalue weighted by Crippen LogP contribution is -2.69. The van der Waals surface area contributed by atoms with Crippen molar-refractivity contribution in [1.82, 2.24) is 0 Å². The van der Waals surface area contributed by atoms with E-state index in [1.54, 1.807) is 12.1 Å². The molecule has 0 bridgehead atoms. The molecule has 2 rings (SSSR count). The minimum absolute atomic E-state index is 0.316. The first-order chi connectivity index (χ1) is 8.06. The molecule has 0 saturated carbocycles. The first-order valence-electron chi connectivity index (χ1n) is 5.21. The van der Waals surface area contributed by atoms with E-state index in [0.717, 1.165) is 5.56 Å². The highest BCUT2D eigenvalue weighted by Gasteiger charge is 2.53. The molecule has 90 valence electrons. The molecule has 1 N–H and O–H groups in total. The molecule has 1 fully saturated rings. The van der Waals surface area contributed by atoms with Crippen LogP contribution in [0.3, 0.4) is 0 Å². The number of rotatable bonds is 3. The summed E-state index contributed by atoms with van der Waals surface area (Å²) >= 11 is 0. The van der Waals surface area contributed by atoms with Crippen LogP contribution >= 0.6 is 0 Å². The van der Waals surface area contributed by atoms with Gasteiger partial charge in [0.1, 0.15) is 0 Å². The second kappa shape index (κ2) is 4.18. The van der Waals surface area contributed by atoms with Crippen molar-refractivity contribution in [1.29, 1.82) is 0 Å². The number of carboxylic acids is 1. The third-order valence-corrected chi connectivity index (χ3v) is 2.86. The maximum absolute atomic E-state index is 11.7. The Morgan fingerprint density at radius 2 is 1.94 bits per heavy atom. The number of β-lactam (4-membered cyclic amide) rings is 1. The number of amides is 1. The number of benzene rings is 1. The summed E-state index contributed by atoms with van der Waals surface area (Å²) in [5.41, 5.74) is 1.64. The molecule has 1 aromatic carbocycles. The molecule has 2 atom stereocenters. The number of anilines is 1. The van der Waals surface area contributed by atoms with Gasteiger partial charge in [-0.1, -0.05) is 17.7 Å². The Morgan fingerprint density at radius 1 is 1.35 bits per heavy atom. The largest absolute Gasteiger partial charge is 0.480 e. The quantitative estimate of drug-likeness (QED) is 0.787. The SMILES string of the molecule is CO[C@H]1C(=O)N(c2ccc(C)cc2)[C@@H]1C(=O)O. The molecule has 1 heterocycles. The number of carbonyl (C=O) groups is 2. The van der Waals surface area contributed by atoms with E-state index < -0.39 is 18.1 Å². The molecule has 5 nitrogen and oxygen atoms in total. The van der Waals surface area contributed by atoms with Crippen molar-refractivity contribution in [2.75, 3.05) is 12.0 Å². The van der Waals surface area contributed by atoms with Crippen LogP contribution in [-0.4, -0.2) is 36.2 Å². The Balaban J connectivity index is 2.29. The lowest BCUT2D eigenvalue weighted by molar-refractivity contribution is -0.155. The van der Waals surface area contributed by atoms with Gasteiger partial charge in [-0.15, -0.1) is 0 Å². The normalized spacial score (nSPS) is 23.4. The summed E-state index contributed by atoms with van der Waals surface area (Å²) in [4.78, 5) is 24.0. The predicted molar refractivity (Wildman–Crippen MR) is 60.9 cm³/mol. The maximum atomic E-state index is 11.7. The highest BCUT2D eigenvalue weighted by Crippen LogP contribution is 2.30. The van der Waals surface area contributed by atoms with Gasteiger partial charge in [0.25, 0.3) is 5.91 Å². The van der Waals surface area contributed by atoms with Crippen molar-refractivity contribution in [3.8, 4) is 0 Å². The van der Waals surface area contributed by atoms with Gasteiger partial charge in [-0.05, 0) is 19.1 Å². The fourth-order valence-electron chi connectivity index (χ4n) is 1.93.